The van der Waals surface area contributed by atoms with Crippen molar-refractivity contribution in [3.63, 3.8) is 0 Å². The van der Waals surface area contributed by atoms with Crippen LogP contribution in [0.3, 0.4) is 0 Å². The molecule has 42 heavy (non-hydrogen) atoms. The van der Waals surface area contributed by atoms with E-state index in [0.717, 1.165) is 22.4 Å². The van der Waals surface area contributed by atoms with Crippen LogP contribution in [0.4, 0.5) is 0 Å². The predicted molar refractivity (Wildman–Crippen MR) is 159 cm³/mol. The molecule has 3 aromatic carbocycles. The number of esters is 2. The van der Waals surface area contributed by atoms with Crippen LogP contribution in [0.1, 0.15) is 50.2 Å². The Balaban J connectivity index is 1.61. The number of aromatic nitrogens is 3. The topological polar surface area (TPSA) is 92.0 Å². The van der Waals surface area contributed by atoms with Crippen molar-refractivity contribution in [1.82, 2.24) is 14.4 Å². The van der Waals surface area contributed by atoms with Gasteiger partial charge in [0.25, 0.3) is 0 Å². The molecule has 0 aliphatic rings. The molecule has 0 saturated carbocycles. The molecule has 0 atom stereocenters. The largest absolute Gasteiger partial charge is 0.440 e. The molecule has 0 bridgehead atoms. The summed E-state index contributed by atoms with van der Waals surface area (Å²) in [6, 6.07) is 27.2. The monoisotopic (exact) mass is 563 g/mol. The molecule has 0 aliphatic heterocycles. The quantitative estimate of drug-likeness (QED) is 0.116. The number of benzene rings is 3. The van der Waals surface area contributed by atoms with Crippen LogP contribution in [-0.4, -0.2) is 33.1 Å². The van der Waals surface area contributed by atoms with Gasteiger partial charge in [-0.3, -0.25) is 14.0 Å². The van der Waals surface area contributed by atoms with Gasteiger partial charge >= 0.3 is 11.9 Å². The maximum absolute atomic E-state index is 12.5. The summed E-state index contributed by atoms with van der Waals surface area (Å²) in [5.74, 6) is 0.186. The molecule has 2 heterocycles. The van der Waals surface area contributed by atoms with Crippen molar-refractivity contribution in [1.29, 1.82) is 0 Å². The first-order chi connectivity index (χ1) is 20.2. The fourth-order valence-electron chi connectivity index (χ4n) is 4.45. The zero-order valence-electron chi connectivity index (χ0n) is 24.2. The Kier molecular flexibility index (Phi) is 8.33. The van der Waals surface area contributed by atoms with Gasteiger partial charge in [-0.05, 0) is 56.2 Å². The molecule has 0 unspecified atom stereocenters. The lowest BCUT2D eigenvalue weighted by Crippen LogP contribution is -2.25. The molecule has 0 amide bonds. The van der Waals surface area contributed by atoms with Crippen molar-refractivity contribution in [3.8, 4) is 22.9 Å². The second-order valence-electron chi connectivity index (χ2n) is 11.0. The molecule has 5 aromatic rings. The highest BCUT2D eigenvalue weighted by Gasteiger charge is 2.24. The van der Waals surface area contributed by atoms with E-state index in [-0.39, 0.29) is 18.7 Å². The van der Waals surface area contributed by atoms with Crippen LogP contribution < -0.4 is 9.47 Å². The van der Waals surface area contributed by atoms with Crippen LogP contribution in [0.25, 0.3) is 16.9 Å². The average Bonchev–Trinajstić information content (AvgIpc) is 3.30. The third-order valence-corrected chi connectivity index (χ3v) is 6.54. The molecule has 5 rings (SSSR count). The zero-order valence-corrected chi connectivity index (χ0v) is 24.2. The molecule has 0 fully saturated rings. The van der Waals surface area contributed by atoms with Crippen molar-refractivity contribution in [2.24, 2.45) is 5.41 Å². The summed E-state index contributed by atoms with van der Waals surface area (Å²) in [5, 5.41) is 0. The lowest BCUT2D eigenvalue weighted by molar-refractivity contribution is -0.159. The Bertz CT molecular complexity index is 1690. The first-order valence-corrected chi connectivity index (χ1v) is 13.7. The fraction of sp³-hybridized carbons (Fsp3) is 0.235. The third-order valence-electron chi connectivity index (χ3n) is 6.54. The smallest absolute Gasteiger partial charge is 0.314 e. The number of hydrogen-bond donors (Lipinski definition) is 0. The molecule has 8 nitrogen and oxygen atoms in total. The van der Waals surface area contributed by atoms with E-state index in [0.29, 0.717) is 41.5 Å². The molecule has 0 saturated heterocycles. The van der Waals surface area contributed by atoms with Gasteiger partial charge < -0.3 is 14.2 Å². The summed E-state index contributed by atoms with van der Waals surface area (Å²) in [6.45, 7) is 6.50. The Morgan fingerprint density at radius 3 is 1.95 bits per heavy atom. The second kappa shape index (κ2) is 12.3. The molecule has 2 aromatic heterocycles. The van der Waals surface area contributed by atoms with Gasteiger partial charge in [-0.2, -0.15) is 0 Å². The number of ether oxygens (including phenoxy) is 3. The summed E-state index contributed by atoms with van der Waals surface area (Å²) in [7, 11) is 0. The van der Waals surface area contributed by atoms with Gasteiger partial charge in [-0.1, -0.05) is 60.7 Å². The first kappa shape index (κ1) is 28.5. The van der Waals surface area contributed by atoms with Crippen molar-refractivity contribution in [2.75, 3.05) is 6.79 Å². The molecule has 8 heteroatoms. The molecule has 0 N–H and O–H groups in total. The van der Waals surface area contributed by atoms with Gasteiger partial charge in [-0.15, -0.1) is 0 Å². The molecule has 0 aliphatic carbocycles. The fourth-order valence-corrected chi connectivity index (χ4v) is 4.45. The second-order valence-corrected chi connectivity index (χ2v) is 11.0. The molecule has 214 valence electrons. The van der Waals surface area contributed by atoms with Gasteiger partial charge in [-0.25, -0.2) is 9.97 Å². The van der Waals surface area contributed by atoms with Crippen LogP contribution in [-0.2, 0) is 27.2 Å². The Labute approximate surface area is 244 Å². The summed E-state index contributed by atoms with van der Waals surface area (Å²) < 4.78 is 18.7. The number of hydrogen-bond acceptors (Lipinski definition) is 7. The van der Waals surface area contributed by atoms with Gasteiger partial charge in [0, 0.05) is 31.5 Å². The number of imidazole rings is 1. The van der Waals surface area contributed by atoms with Crippen LogP contribution in [0.5, 0.6) is 11.6 Å². The van der Waals surface area contributed by atoms with Crippen LogP contribution in [0.15, 0.2) is 91.1 Å². The SMILES string of the molecule is CC(=O)Oc1ccc(-c2cn3c(OCOC(=O)C(C)(C)C)c(Cc4ccccc4)nc3c(Cc3ccccc3)n2)cc1. The van der Waals surface area contributed by atoms with Crippen LogP contribution >= 0.6 is 0 Å². The summed E-state index contributed by atoms with van der Waals surface area (Å²) >= 11 is 0. The van der Waals surface area contributed by atoms with Crippen molar-refractivity contribution in [2.45, 2.75) is 40.5 Å². The highest BCUT2D eigenvalue weighted by atomic mass is 16.7. The molecule has 0 radical (unpaired) electrons. The van der Waals surface area contributed by atoms with Crippen molar-refractivity contribution in [3.05, 3.63) is 114 Å². The number of fused-ring (bicyclic) bond motifs is 1. The van der Waals surface area contributed by atoms with E-state index in [1.165, 1.54) is 6.92 Å². The van der Waals surface area contributed by atoms with Gasteiger partial charge in [0.15, 0.2) is 5.65 Å². The normalized spacial score (nSPS) is 11.3. The van der Waals surface area contributed by atoms with Crippen molar-refractivity contribution < 1.29 is 23.8 Å². The average molecular weight is 564 g/mol. The predicted octanol–water partition coefficient (Wildman–Crippen LogP) is 6.43. The summed E-state index contributed by atoms with van der Waals surface area (Å²) in [4.78, 5) is 33.9. The standard InChI is InChI=1S/C34H33N3O5/c1-23(38)42-27-17-15-26(16-18-27)30-21-37-31(28(35-30)19-24-11-7-5-8-12-24)36-29(20-25-13-9-6-10-14-25)32(37)40-22-41-33(39)34(2,3)4/h5-18,21H,19-20,22H2,1-4H3. The van der Waals surface area contributed by atoms with Crippen LogP contribution in [0.2, 0.25) is 0 Å². The third kappa shape index (κ3) is 6.83. The lowest BCUT2D eigenvalue weighted by atomic mass is 9.98. The molecular weight excluding hydrogens is 530 g/mol. The first-order valence-electron chi connectivity index (χ1n) is 13.7. The maximum Gasteiger partial charge on any atom is 0.314 e. The van der Waals surface area contributed by atoms with E-state index in [9.17, 15) is 9.59 Å². The Morgan fingerprint density at radius 1 is 0.786 bits per heavy atom. The van der Waals surface area contributed by atoms with Gasteiger partial charge in [0.2, 0.25) is 12.7 Å². The van der Waals surface area contributed by atoms with E-state index in [2.05, 4.69) is 12.1 Å². The summed E-state index contributed by atoms with van der Waals surface area (Å²) in [5.41, 5.74) is 5.12. The molecular formula is C34H33N3O5. The van der Waals surface area contributed by atoms with E-state index in [1.807, 2.05) is 71.3 Å². The lowest BCUT2D eigenvalue weighted by Gasteiger charge is -2.17. The van der Waals surface area contributed by atoms with Crippen LogP contribution in [0, 0.1) is 5.41 Å². The van der Waals surface area contributed by atoms with E-state index < -0.39 is 5.41 Å². The Hall–Kier alpha value is -4.98. The number of nitrogens with zero attached hydrogens (tertiary/aromatic N) is 3. The maximum atomic E-state index is 12.5. The highest BCUT2D eigenvalue weighted by molar-refractivity contribution is 5.75. The number of rotatable bonds is 9. The van der Waals surface area contributed by atoms with Gasteiger partial charge in [0.1, 0.15) is 11.4 Å². The minimum absolute atomic E-state index is 0.256. The minimum atomic E-state index is -0.659. The number of carbonyl (C=O) groups excluding carboxylic acids is 2. The van der Waals surface area contributed by atoms with Crippen molar-refractivity contribution >= 4 is 17.6 Å². The van der Waals surface area contributed by atoms with Gasteiger partial charge in [0.05, 0.1) is 16.8 Å². The van der Waals surface area contributed by atoms with E-state index in [1.54, 1.807) is 32.9 Å². The minimum Gasteiger partial charge on any atom is -0.440 e. The van der Waals surface area contributed by atoms with E-state index >= 15 is 0 Å². The zero-order chi connectivity index (χ0) is 29.7. The molecule has 0 spiro atoms. The number of carbonyl (C=O) groups is 2. The Morgan fingerprint density at radius 2 is 1.38 bits per heavy atom. The summed E-state index contributed by atoms with van der Waals surface area (Å²) in [6.07, 6.45) is 2.93. The van der Waals surface area contributed by atoms with E-state index in [4.69, 9.17) is 24.2 Å². The highest BCUT2D eigenvalue weighted by Crippen LogP contribution is 2.30.